The molecule has 0 radical (unpaired) electrons. The van der Waals surface area contributed by atoms with E-state index in [9.17, 15) is 8.42 Å². The third-order valence-corrected chi connectivity index (χ3v) is 4.65. The van der Waals surface area contributed by atoms with E-state index >= 15 is 0 Å². The Labute approximate surface area is 123 Å². The zero-order valence-electron chi connectivity index (χ0n) is 11.1. The number of anilines is 1. The first kappa shape index (κ1) is 14.7. The molecule has 0 aromatic heterocycles. The molecule has 2 aromatic carbocycles. The number of methoxy groups -OCH3 is 1. The van der Waals surface area contributed by atoms with Gasteiger partial charge in [-0.3, -0.25) is 4.72 Å². The molecular formula is C14H14ClNO3S. The normalized spacial score (nSPS) is 11.2. The lowest BCUT2D eigenvalue weighted by atomic mass is 10.2. The molecule has 0 amide bonds. The molecule has 0 bridgehead atoms. The molecule has 0 aliphatic heterocycles. The van der Waals surface area contributed by atoms with Gasteiger partial charge in [-0.25, -0.2) is 8.42 Å². The Morgan fingerprint density at radius 1 is 1.15 bits per heavy atom. The van der Waals surface area contributed by atoms with Gasteiger partial charge in [-0.05, 0) is 42.8 Å². The molecule has 0 unspecified atom stereocenters. The average Bonchev–Trinajstić information content (AvgIpc) is 2.38. The maximum Gasteiger partial charge on any atom is 0.263 e. The molecule has 0 aliphatic carbocycles. The molecule has 0 saturated carbocycles. The highest BCUT2D eigenvalue weighted by Gasteiger charge is 2.17. The minimum Gasteiger partial charge on any atom is -0.496 e. The number of rotatable bonds is 4. The summed E-state index contributed by atoms with van der Waals surface area (Å²) >= 11 is 5.91. The van der Waals surface area contributed by atoms with Crippen molar-refractivity contribution < 1.29 is 13.2 Å². The molecule has 0 aliphatic rings. The zero-order valence-corrected chi connectivity index (χ0v) is 12.6. The van der Waals surface area contributed by atoms with E-state index in [0.29, 0.717) is 11.4 Å². The van der Waals surface area contributed by atoms with Crippen LogP contribution in [0.5, 0.6) is 5.75 Å². The summed E-state index contributed by atoms with van der Waals surface area (Å²) in [4.78, 5) is 0.0511. The predicted octanol–water partition coefficient (Wildman–Crippen LogP) is 3.46. The van der Waals surface area contributed by atoms with Crippen molar-refractivity contribution in [3.63, 3.8) is 0 Å². The molecule has 4 nitrogen and oxygen atoms in total. The van der Waals surface area contributed by atoms with Gasteiger partial charge in [0.25, 0.3) is 10.0 Å². The van der Waals surface area contributed by atoms with Crippen molar-refractivity contribution in [2.24, 2.45) is 0 Å². The molecule has 0 fully saturated rings. The van der Waals surface area contributed by atoms with E-state index in [4.69, 9.17) is 16.3 Å². The third kappa shape index (κ3) is 3.05. The number of benzene rings is 2. The van der Waals surface area contributed by atoms with Crippen LogP contribution in [0.2, 0.25) is 5.02 Å². The average molecular weight is 312 g/mol. The molecule has 106 valence electrons. The van der Waals surface area contributed by atoms with Gasteiger partial charge < -0.3 is 4.74 Å². The summed E-state index contributed by atoms with van der Waals surface area (Å²) in [7, 11) is -2.14. The molecule has 2 aromatic rings. The van der Waals surface area contributed by atoms with E-state index in [0.717, 1.165) is 5.56 Å². The fourth-order valence-electron chi connectivity index (χ4n) is 1.81. The van der Waals surface area contributed by atoms with E-state index in [1.807, 2.05) is 6.92 Å². The highest BCUT2D eigenvalue weighted by molar-refractivity contribution is 7.92. The maximum atomic E-state index is 12.3. The standard InChI is InChI=1S/C14H14ClNO3S/c1-10-9-11(7-8-13(10)19-2)16-20(17,18)14-6-4-3-5-12(14)15/h3-9,16H,1-2H3. The summed E-state index contributed by atoms with van der Waals surface area (Å²) < 4.78 is 32.2. The summed E-state index contributed by atoms with van der Waals surface area (Å²) in [5.74, 6) is 0.700. The quantitative estimate of drug-likeness (QED) is 0.940. The highest BCUT2D eigenvalue weighted by atomic mass is 35.5. The van der Waals surface area contributed by atoms with Gasteiger partial charge in [0.15, 0.2) is 0 Å². The van der Waals surface area contributed by atoms with E-state index in [-0.39, 0.29) is 9.92 Å². The zero-order chi connectivity index (χ0) is 14.8. The van der Waals surface area contributed by atoms with E-state index in [1.54, 1.807) is 37.4 Å². The largest absolute Gasteiger partial charge is 0.496 e. The molecule has 2 rings (SSSR count). The second-order valence-electron chi connectivity index (χ2n) is 4.22. The van der Waals surface area contributed by atoms with Crippen LogP contribution >= 0.6 is 11.6 Å². The van der Waals surface area contributed by atoms with Gasteiger partial charge in [0.05, 0.1) is 12.1 Å². The Bertz CT molecular complexity index is 729. The Morgan fingerprint density at radius 2 is 1.85 bits per heavy atom. The Kier molecular flexibility index (Phi) is 4.20. The van der Waals surface area contributed by atoms with Crippen molar-refractivity contribution in [3.05, 3.63) is 53.1 Å². The minimum atomic E-state index is -3.70. The fourth-order valence-corrected chi connectivity index (χ4v) is 3.38. The van der Waals surface area contributed by atoms with Crippen LogP contribution < -0.4 is 9.46 Å². The number of halogens is 1. The topological polar surface area (TPSA) is 55.4 Å². The van der Waals surface area contributed by atoms with E-state index in [1.165, 1.54) is 12.1 Å². The van der Waals surface area contributed by atoms with Gasteiger partial charge in [0.2, 0.25) is 0 Å². The van der Waals surface area contributed by atoms with Crippen LogP contribution in [0.1, 0.15) is 5.56 Å². The van der Waals surface area contributed by atoms with Crippen LogP contribution in [0.3, 0.4) is 0 Å². The lowest BCUT2D eigenvalue weighted by molar-refractivity contribution is 0.412. The number of nitrogens with one attached hydrogen (secondary N) is 1. The lowest BCUT2D eigenvalue weighted by Crippen LogP contribution is -2.13. The number of hydrogen-bond donors (Lipinski definition) is 1. The first-order valence-electron chi connectivity index (χ1n) is 5.86. The Morgan fingerprint density at radius 3 is 2.45 bits per heavy atom. The molecule has 0 atom stereocenters. The van der Waals surface area contributed by atoms with Crippen molar-refractivity contribution >= 4 is 27.3 Å². The molecule has 1 N–H and O–H groups in total. The van der Waals surface area contributed by atoms with Crippen LogP contribution in [-0.4, -0.2) is 15.5 Å². The first-order chi connectivity index (χ1) is 9.44. The molecule has 6 heteroatoms. The summed E-state index contributed by atoms with van der Waals surface area (Å²) in [5, 5.41) is 0.185. The van der Waals surface area contributed by atoms with E-state index in [2.05, 4.69) is 4.72 Å². The highest BCUT2D eigenvalue weighted by Crippen LogP contribution is 2.26. The first-order valence-corrected chi connectivity index (χ1v) is 7.72. The molecule has 20 heavy (non-hydrogen) atoms. The number of hydrogen-bond acceptors (Lipinski definition) is 3. The van der Waals surface area contributed by atoms with Gasteiger partial charge in [-0.1, -0.05) is 23.7 Å². The molecular weight excluding hydrogens is 298 g/mol. The maximum absolute atomic E-state index is 12.3. The van der Waals surface area contributed by atoms with Crippen LogP contribution in [0.25, 0.3) is 0 Å². The van der Waals surface area contributed by atoms with Crippen molar-refractivity contribution in [3.8, 4) is 5.75 Å². The van der Waals surface area contributed by atoms with Crippen LogP contribution in [0.4, 0.5) is 5.69 Å². The number of ether oxygens (including phenoxy) is 1. The molecule has 0 saturated heterocycles. The third-order valence-electron chi connectivity index (χ3n) is 2.77. The molecule has 0 spiro atoms. The monoisotopic (exact) mass is 311 g/mol. The minimum absolute atomic E-state index is 0.0511. The number of aryl methyl sites for hydroxylation is 1. The number of sulfonamides is 1. The second-order valence-corrected chi connectivity index (χ2v) is 6.28. The van der Waals surface area contributed by atoms with Gasteiger partial charge >= 0.3 is 0 Å². The summed E-state index contributed by atoms with van der Waals surface area (Å²) in [6.07, 6.45) is 0. The van der Waals surface area contributed by atoms with Crippen LogP contribution in [0.15, 0.2) is 47.4 Å². The summed E-state index contributed by atoms with van der Waals surface area (Å²) in [6, 6.07) is 11.3. The van der Waals surface area contributed by atoms with Gasteiger partial charge in [-0.2, -0.15) is 0 Å². The van der Waals surface area contributed by atoms with Gasteiger partial charge in [-0.15, -0.1) is 0 Å². The molecule has 0 heterocycles. The van der Waals surface area contributed by atoms with Crippen molar-refractivity contribution in [2.45, 2.75) is 11.8 Å². The van der Waals surface area contributed by atoms with Crippen molar-refractivity contribution in [1.82, 2.24) is 0 Å². The van der Waals surface area contributed by atoms with Crippen molar-refractivity contribution in [2.75, 3.05) is 11.8 Å². The van der Waals surface area contributed by atoms with Gasteiger partial charge in [0.1, 0.15) is 10.6 Å². The van der Waals surface area contributed by atoms with Crippen molar-refractivity contribution in [1.29, 1.82) is 0 Å². The smallest absolute Gasteiger partial charge is 0.263 e. The van der Waals surface area contributed by atoms with E-state index < -0.39 is 10.0 Å². The predicted molar refractivity (Wildman–Crippen MR) is 80.0 cm³/mol. The lowest BCUT2D eigenvalue weighted by Gasteiger charge is -2.11. The second kappa shape index (κ2) is 5.73. The summed E-state index contributed by atoms with van der Waals surface area (Å²) in [6.45, 7) is 1.84. The summed E-state index contributed by atoms with van der Waals surface area (Å²) in [5.41, 5.74) is 1.30. The Balaban J connectivity index is 2.34. The Hall–Kier alpha value is -1.72. The van der Waals surface area contributed by atoms with Crippen LogP contribution in [0, 0.1) is 6.92 Å². The van der Waals surface area contributed by atoms with Gasteiger partial charge in [0, 0.05) is 5.69 Å². The van der Waals surface area contributed by atoms with Crippen LogP contribution in [-0.2, 0) is 10.0 Å². The fraction of sp³-hybridized carbons (Fsp3) is 0.143. The SMILES string of the molecule is COc1ccc(NS(=O)(=O)c2ccccc2Cl)cc1C.